The van der Waals surface area contributed by atoms with Crippen molar-refractivity contribution >= 4 is 22.1 Å². The third-order valence-electron chi connectivity index (χ3n) is 18.1. The summed E-state index contributed by atoms with van der Waals surface area (Å²) in [5, 5.41) is 24.8. The van der Waals surface area contributed by atoms with Gasteiger partial charge in [-0.25, -0.2) is 9.97 Å². The summed E-state index contributed by atoms with van der Waals surface area (Å²) in [4.78, 5) is 21.3. The van der Waals surface area contributed by atoms with Crippen molar-refractivity contribution in [2.24, 2.45) is 0 Å². The predicted molar refractivity (Wildman–Crippen MR) is 349 cm³/mol. The van der Waals surface area contributed by atoms with E-state index < -0.39 is 0 Å². The molecular weight excluding hydrogens is 1420 g/mol. The summed E-state index contributed by atoms with van der Waals surface area (Å²) in [7, 11) is 0. The molecule has 2 aliphatic carbocycles. The molecule has 2 fully saturated rings. The van der Waals surface area contributed by atoms with Crippen LogP contribution in [0, 0.1) is 12.1 Å². The number of rotatable bonds is 8. The summed E-state index contributed by atoms with van der Waals surface area (Å²) >= 11 is 0. The third kappa shape index (κ3) is 12.4. The normalized spacial score (nSPS) is 15.0. The Hall–Kier alpha value is -5.68. The molecule has 10 heteroatoms. The molecule has 2 aliphatic rings. The molecule has 11 rings (SSSR count). The van der Waals surface area contributed by atoms with Gasteiger partial charge in [0, 0.05) is 76.7 Å². The number of phenolic OH excluding ortho intramolecular Hbond substituents is 2. The number of phenols is 2. The SMILES string of the molecule is CC(C)(C)c1cc(-c2cc(-c3[c-]c(-c4cccc5c4nc(-c4cc(C(C)(C)C)cc(C(C)(C)C)c4O)n5C4CCCC4)cc(C(C)(C)C)c3)ncn2)[c-]c(-c2cccc3c2nc(-c2cc(C(C)(C)C)cc(C(C)(C)C)c2O)n3C2CCCC2)c1.[Pt].[Pt]. The molecule has 6 aromatic carbocycles. The Morgan fingerprint density at radius 3 is 1.05 bits per heavy atom. The molecular formula is C76H90N6O2Pt2-2. The molecule has 0 amide bonds. The van der Waals surface area contributed by atoms with Crippen LogP contribution in [0.2, 0.25) is 0 Å². The van der Waals surface area contributed by atoms with Crippen LogP contribution in [0.3, 0.4) is 0 Å². The van der Waals surface area contributed by atoms with Crippen LogP contribution in [0.5, 0.6) is 11.5 Å². The van der Waals surface area contributed by atoms with Crippen molar-refractivity contribution in [3.05, 3.63) is 143 Å². The fourth-order valence-corrected chi connectivity index (χ4v) is 13.0. The molecule has 0 radical (unpaired) electrons. The van der Waals surface area contributed by atoms with E-state index in [1.807, 2.05) is 0 Å². The van der Waals surface area contributed by atoms with Crippen LogP contribution in [0.1, 0.15) is 221 Å². The van der Waals surface area contributed by atoms with Crippen LogP contribution in [0.15, 0.2) is 97.3 Å². The van der Waals surface area contributed by atoms with Crippen molar-refractivity contribution in [3.8, 4) is 79.0 Å². The quantitative estimate of drug-likeness (QED) is 0.147. The van der Waals surface area contributed by atoms with Crippen LogP contribution < -0.4 is 0 Å². The second-order valence-electron chi connectivity index (χ2n) is 30.9. The first kappa shape index (κ1) is 64.8. The van der Waals surface area contributed by atoms with Gasteiger partial charge in [-0.1, -0.05) is 215 Å². The predicted octanol–water partition coefficient (Wildman–Crippen LogP) is 20.2. The van der Waals surface area contributed by atoms with E-state index in [2.05, 4.69) is 237 Å². The van der Waals surface area contributed by atoms with Gasteiger partial charge >= 0.3 is 0 Å². The monoisotopic (exact) mass is 1510 g/mol. The fraction of sp³-hybridized carbons (Fsp3) is 0.447. The smallest absolute Gasteiger partial charge is 0.144 e. The van der Waals surface area contributed by atoms with E-state index in [1.165, 1.54) is 11.1 Å². The summed E-state index contributed by atoms with van der Waals surface area (Å²) in [6.45, 7) is 40.1. The Labute approximate surface area is 542 Å². The first-order valence-electron chi connectivity index (χ1n) is 31.0. The van der Waals surface area contributed by atoms with Gasteiger partial charge in [-0.05, 0) is 93.6 Å². The minimum absolute atomic E-state index is 0. The number of aromatic nitrogens is 6. The zero-order valence-electron chi connectivity index (χ0n) is 54.3. The average molecular weight is 1510 g/mol. The van der Waals surface area contributed by atoms with Crippen molar-refractivity contribution in [1.82, 2.24) is 29.1 Å². The van der Waals surface area contributed by atoms with E-state index >= 15 is 0 Å². The molecule has 3 aromatic heterocycles. The minimum Gasteiger partial charge on any atom is -0.507 e. The summed E-state index contributed by atoms with van der Waals surface area (Å²) in [5.74, 6) is 2.25. The summed E-state index contributed by atoms with van der Waals surface area (Å²) in [5.41, 5.74) is 17.9. The van der Waals surface area contributed by atoms with Gasteiger partial charge in [0.25, 0.3) is 0 Å². The molecule has 0 bridgehead atoms. The topological polar surface area (TPSA) is 102 Å². The van der Waals surface area contributed by atoms with Gasteiger partial charge in [0.1, 0.15) is 23.1 Å². The molecule has 0 aliphatic heterocycles. The van der Waals surface area contributed by atoms with E-state index in [1.54, 1.807) is 6.33 Å². The van der Waals surface area contributed by atoms with Crippen molar-refractivity contribution in [3.63, 3.8) is 0 Å². The Kier molecular flexibility index (Phi) is 17.6. The zero-order valence-corrected chi connectivity index (χ0v) is 58.8. The maximum Gasteiger partial charge on any atom is 0.144 e. The maximum absolute atomic E-state index is 12.4. The number of hydrogen-bond donors (Lipinski definition) is 2. The molecule has 9 aromatic rings. The Morgan fingerprint density at radius 1 is 0.395 bits per heavy atom. The van der Waals surface area contributed by atoms with Crippen LogP contribution in [-0.4, -0.2) is 39.3 Å². The number of fused-ring (bicyclic) bond motifs is 2. The zero-order chi connectivity index (χ0) is 60.4. The minimum atomic E-state index is -0.285. The molecule has 2 saturated carbocycles. The molecule has 86 heavy (non-hydrogen) atoms. The molecule has 8 nitrogen and oxygen atoms in total. The molecule has 0 spiro atoms. The molecule has 0 saturated heterocycles. The third-order valence-corrected chi connectivity index (χ3v) is 18.1. The van der Waals surface area contributed by atoms with Crippen LogP contribution >= 0.6 is 0 Å². The standard InChI is InChI=1S/C76H90N6O2.2Pt/c1-71(2,3)49-35-45(55-29-23-31-63-65(55)79-69(81(63)53-25-19-20-26-53)57-39-51(73(7,8)9)41-59(67(57)83)75(13,14)15)33-47(37-49)61-43-62(78-44-77-61)48-34-46(36-50(38-48)72(4,5)6)56-30-24-32-64-66(56)80-70(82(64)54-27-21-22-28-54)58-40-52(74(10,11)12)42-60(68(58)84)76(16,17)18;;/h23-24,29-32,35-44,53-54,83-84H,19-22,25-28H2,1-18H3;;/q-2;;. The van der Waals surface area contributed by atoms with Gasteiger partial charge < -0.3 is 19.3 Å². The van der Waals surface area contributed by atoms with Crippen molar-refractivity contribution in [2.75, 3.05) is 0 Å². The summed E-state index contributed by atoms with van der Waals surface area (Å²) in [6.07, 6.45) is 10.6. The van der Waals surface area contributed by atoms with Crippen molar-refractivity contribution in [1.29, 1.82) is 0 Å². The number of hydrogen-bond acceptors (Lipinski definition) is 6. The van der Waals surface area contributed by atoms with Crippen LogP contribution in [0.4, 0.5) is 0 Å². The van der Waals surface area contributed by atoms with E-state index in [4.69, 9.17) is 19.9 Å². The van der Waals surface area contributed by atoms with Gasteiger partial charge in [-0.2, -0.15) is 0 Å². The number of imidazole rings is 2. The van der Waals surface area contributed by atoms with Gasteiger partial charge in [-0.3, -0.25) is 9.97 Å². The van der Waals surface area contributed by atoms with Gasteiger partial charge in [0.2, 0.25) is 0 Å². The van der Waals surface area contributed by atoms with Crippen LogP contribution in [-0.2, 0) is 74.6 Å². The molecule has 0 unspecified atom stereocenters. The van der Waals surface area contributed by atoms with Crippen molar-refractivity contribution < 1.29 is 52.3 Å². The van der Waals surface area contributed by atoms with E-state index in [0.717, 1.165) is 163 Å². The molecule has 3 heterocycles. The number of para-hydroxylation sites is 2. The molecule has 458 valence electrons. The average Bonchev–Trinajstić information content (AvgIpc) is 1.58. The maximum atomic E-state index is 12.4. The Balaban J connectivity index is 0.00000442. The van der Waals surface area contributed by atoms with E-state index in [-0.39, 0.29) is 86.7 Å². The van der Waals surface area contributed by atoms with Gasteiger partial charge in [0.05, 0.1) is 39.5 Å². The molecule has 0 atom stereocenters. The van der Waals surface area contributed by atoms with Gasteiger partial charge in [-0.15, -0.1) is 58.7 Å². The summed E-state index contributed by atoms with van der Waals surface area (Å²) in [6, 6.07) is 41.4. The first-order valence-corrected chi connectivity index (χ1v) is 31.0. The Morgan fingerprint density at radius 2 is 0.721 bits per heavy atom. The largest absolute Gasteiger partial charge is 0.507 e. The van der Waals surface area contributed by atoms with E-state index in [0.29, 0.717) is 11.5 Å². The molecule has 2 N–H and O–H groups in total. The number of aromatic hydroxyl groups is 2. The van der Waals surface area contributed by atoms with E-state index in [9.17, 15) is 10.2 Å². The fourth-order valence-electron chi connectivity index (χ4n) is 13.0. The number of nitrogens with zero attached hydrogens (tertiary/aromatic N) is 6. The second kappa shape index (κ2) is 23.4. The second-order valence-corrected chi connectivity index (χ2v) is 30.9. The number of benzene rings is 6. The van der Waals surface area contributed by atoms with Crippen molar-refractivity contribution in [2.45, 2.75) is 221 Å². The first-order chi connectivity index (χ1) is 39.3. The van der Waals surface area contributed by atoms with Gasteiger partial charge in [0.15, 0.2) is 0 Å². The van der Waals surface area contributed by atoms with Crippen LogP contribution in [0.25, 0.3) is 89.6 Å². The summed E-state index contributed by atoms with van der Waals surface area (Å²) < 4.78 is 4.89. The Bertz CT molecular complexity index is 3760.